The molecule has 21 heavy (non-hydrogen) atoms. The Hall–Kier alpha value is -1.66. The zero-order valence-electron chi connectivity index (χ0n) is 12.4. The number of aryl methyl sites for hydroxylation is 1. The van der Waals surface area contributed by atoms with E-state index in [1.54, 1.807) is 11.1 Å². The molecular weight excluding hydrogens is 286 g/mol. The van der Waals surface area contributed by atoms with Gasteiger partial charge in [0.15, 0.2) is 0 Å². The van der Waals surface area contributed by atoms with Gasteiger partial charge in [-0.2, -0.15) is 0 Å². The minimum Gasteiger partial charge on any atom is -0.397 e. The monoisotopic (exact) mass is 305 g/mol. The third-order valence-corrected chi connectivity index (χ3v) is 5.29. The summed E-state index contributed by atoms with van der Waals surface area (Å²) in [4.78, 5) is 20.2. The maximum Gasteiger partial charge on any atom is 0.266 e. The molecule has 2 aromatic heterocycles. The average molecular weight is 305 g/mol. The van der Waals surface area contributed by atoms with Crippen LogP contribution in [0, 0.1) is 6.92 Å². The van der Waals surface area contributed by atoms with Gasteiger partial charge in [0.2, 0.25) is 0 Å². The van der Waals surface area contributed by atoms with Crippen molar-refractivity contribution in [2.45, 2.75) is 32.4 Å². The number of nitrogen functional groups attached to an aromatic ring is 1. The molecule has 0 aromatic carbocycles. The third-order valence-electron chi connectivity index (χ3n) is 4.19. The van der Waals surface area contributed by atoms with E-state index in [4.69, 9.17) is 10.5 Å². The van der Waals surface area contributed by atoms with Crippen molar-refractivity contribution < 1.29 is 9.53 Å². The quantitative estimate of drug-likeness (QED) is 0.925. The molecule has 2 unspecified atom stereocenters. The lowest BCUT2D eigenvalue weighted by atomic mass is 10.1. The third kappa shape index (κ3) is 2.28. The second kappa shape index (κ2) is 5.27. The number of likely N-dealkylation sites (N-methyl/N-ethyl adjacent to an activating group) is 1. The van der Waals surface area contributed by atoms with Gasteiger partial charge in [-0.1, -0.05) is 0 Å². The molecule has 5 nitrogen and oxygen atoms in total. The fraction of sp³-hybridized carbons (Fsp3) is 0.467. The summed E-state index contributed by atoms with van der Waals surface area (Å²) in [7, 11) is 1.82. The normalized spacial score (nSPS) is 21.9. The number of carbonyl (C=O) groups excluding carboxylic acids is 1. The van der Waals surface area contributed by atoms with Crippen LogP contribution in [-0.4, -0.2) is 41.6 Å². The summed E-state index contributed by atoms with van der Waals surface area (Å²) in [5.74, 6) is -0.0442. The van der Waals surface area contributed by atoms with Gasteiger partial charge in [-0.3, -0.25) is 4.79 Å². The summed E-state index contributed by atoms with van der Waals surface area (Å²) in [6, 6.07) is 2.02. The largest absolute Gasteiger partial charge is 0.397 e. The van der Waals surface area contributed by atoms with Crippen molar-refractivity contribution in [1.82, 2.24) is 9.88 Å². The van der Waals surface area contributed by atoms with Crippen LogP contribution >= 0.6 is 11.3 Å². The molecule has 2 N–H and O–H groups in total. The highest BCUT2D eigenvalue weighted by Gasteiger charge is 2.32. The van der Waals surface area contributed by atoms with Crippen molar-refractivity contribution in [3.63, 3.8) is 0 Å². The van der Waals surface area contributed by atoms with Gasteiger partial charge in [0, 0.05) is 25.2 Å². The molecule has 112 valence electrons. The first kappa shape index (κ1) is 14.3. The predicted molar refractivity (Wildman–Crippen MR) is 84.7 cm³/mol. The summed E-state index contributed by atoms with van der Waals surface area (Å²) < 4.78 is 5.55. The molecule has 1 aliphatic rings. The van der Waals surface area contributed by atoms with Gasteiger partial charge in [-0.15, -0.1) is 11.3 Å². The van der Waals surface area contributed by atoms with Gasteiger partial charge in [0.1, 0.15) is 9.71 Å². The number of aromatic nitrogens is 1. The predicted octanol–water partition coefficient (Wildman–Crippen LogP) is 2.44. The van der Waals surface area contributed by atoms with Gasteiger partial charge >= 0.3 is 0 Å². The lowest BCUT2D eigenvalue weighted by Gasteiger charge is -2.26. The molecule has 0 saturated carbocycles. The van der Waals surface area contributed by atoms with Crippen LogP contribution in [0.1, 0.15) is 28.6 Å². The van der Waals surface area contributed by atoms with Crippen LogP contribution in [0.3, 0.4) is 0 Å². The molecule has 1 amide bonds. The number of hydrogen-bond donors (Lipinski definition) is 1. The molecule has 3 heterocycles. The number of nitrogens with two attached hydrogens (primary N) is 1. The molecule has 6 heteroatoms. The van der Waals surface area contributed by atoms with E-state index >= 15 is 0 Å². The summed E-state index contributed by atoms with van der Waals surface area (Å²) in [6.07, 6.45) is 2.68. The minimum absolute atomic E-state index is 0.0442. The van der Waals surface area contributed by atoms with Crippen LogP contribution in [0.4, 0.5) is 5.69 Å². The van der Waals surface area contributed by atoms with Gasteiger partial charge in [-0.05, 0) is 31.9 Å². The molecule has 1 aliphatic heterocycles. The minimum atomic E-state index is -0.0442. The van der Waals surface area contributed by atoms with Crippen LogP contribution in [0.15, 0.2) is 12.3 Å². The fourth-order valence-corrected chi connectivity index (χ4v) is 4.03. The topological polar surface area (TPSA) is 68.5 Å². The molecule has 0 spiro atoms. The Kier molecular flexibility index (Phi) is 3.59. The Morgan fingerprint density at radius 2 is 2.33 bits per heavy atom. The molecule has 2 aromatic rings. The SMILES string of the molecule is Cc1ccnc2sc(C(=O)N(C)C3CCOC3C)c(N)c12. The molecule has 0 aliphatic carbocycles. The number of hydrogen-bond acceptors (Lipinski definition) is 5. The zero-order chi connectivity index (χ0) is 15.1. The number of thiophene rings is 1. The summed E-state index contributed by atoms with van der Waals surface area (Å²) in [5, 5.41) is 0.898. The standard InChI is InChI=1S/C15H19N3O2S/c1-8-4-6-17-14-11(8)12(16)13(21-14)15(19)18(3)10-5-7-20-9(10)2/h4,6,9-10H,5,7,16H2,1-3H3. The smallest absolute Gasteiger partial charge is 0.266 e. The number of amides is 1. The van der Waals surface area contributed by atoms with E-state index in [1.807, 2.05) is 27.0 Å². The van der Waals surface area contributed by atoms with Crippen LogP contribution < -0.4 is 5.73 Å². The van der Waals surface area contributed by atoms with E-state index in [9.17, 15) is 4.79 Å². The number of carbonyl (C=O) groups is 1. The van der Waals surface area contributed by atoms with Gasteiger partial charge in [0.25, 0.3) is 5.91 Å². The van der Waals surface area contributed by atoms with E-state index in [0.29, 0.717) is 17.2 Å². The molecule has 2 atom stereocenters. The fourth-order valence-electron chi connectivity index (χ4n) is 2.90. The number of ether oxygens (including phenoxy) is 1. The summed E-state index contributed by atoms with van der Waals surface area (Å²) in [5.41, 5.74) is 7.80. The van der Waals surface area contributed by atoms with E-state index in [-0.39, 0.29) is 18.1 Å². The first-order valence-corrected chi connectivity index (χ1v) is 7.84. The summed E-state index contributed by atoms with van der Waals surface area (Å²) in [6.45, 7) is 4.69. The highest BCUT2D eigenvalue weighted by molar-refractivity contribution is 7.21. The molecule has 1 fully saturated rings. The van der Waals surface area contributed by atoms with E-state index in [0.717, 1.165) is 22.2 Å². The van der Waals surface area contributed by atoms with Crippen molar-refractivity contribution in [2.75, 3.05) is 19.4 Å². The Labute approximate surface area is 127 Å². The zero-order valence-corrected chi connectivity index (χ0v) is 13.2. The number of anilines is 1. The highest BCUT2D eigenvalue weighted by Crippen LogP contribution is 2.35. The second-order valence-electron chi connectivity index (χ2n) is 5.50. The summed E-state index contributed by atoms with van der Waals surface area (Å²) >= 11 is 1.37. The van der Waals surface area contributed by atoms with Crippen molar-refractivity contribution in [3.8, 4) is 0 Å². The Bertz CT molecular complexity index is 698. The van der Waals surface area contributed by atoms with Crippen molar-refractivity contribution >= 4 is 33.1 Å². The molecule has 3 rings (SSSR count). The maximum absolute atomic E-state index is 12.8. The van der Waals surface area contributed by atoms with Gasteiger partial charge in [-0.25, -0.2) is 4.98 Å². The van der Waals surface area contributed by atoms with Gasteiger partial charge < -0.3 is 15.4 Å². The van der Waals surface area contributed by atoms with Crippen LogP contribution in [-0.2, 0) is 4.74 Å². The first-order chi connectivity index (χ1) is 10.0. The first-order valence-electron chi connectivity index (χ1n) is 7.03. The molecular formula is C15H19N3O2S. The second-order valence-corrected chi connectivity index (χ2v) is 6.50. The molecule has 1 saturated heterocycles. The van der Waals surface area contributed by atoms with E-state index in [1.165, 1.54) is 11.3 Å². The Balaban J connectivity index is 1.98. The van der Waals surface area contributed by atoms with Crippen molar-refractivity contribution in [1.29, 1.82) is 0 Å². The number of fused-ring (bicyclic) bond motifs is 1. The van der Waals surface area contributed by atoms with Crippen molar-refractivity contribution in [2.24, 2.45) is 0 Å². The number of pyridine rings is 1. The molecule has 0 radical (unpaired) electrons. The average Bonchev–Trinajstić information content (AvgIpc) is 3.02. The van der Waals surface area contributed by atoms with Crippen LogP contribution in [0.25, 0.3) is 10.2 Å². The number of rotatable bonds is 2. The highest BCUT2D eigenvalue weighted by atomic mass is 32.1. The lowest BCUT2D eigenvalue weighted by Crippen LogP contribution is -2.40. The Morgan fingerprint density at radius 1 is 1.57 bits per heavy atom. The maximum atomic E-state index is 12.8. The van der Waals surface area contributed by atoms with E-state index < -0.39 is 0 Å². The molecule has 0 bridgehead atoms. The Morgan fingerprint density at radius 3 is 2.95 bits per heavy atom. The van der Waals surface area contributed by atoms with Crippen molar-refractivity contribution in [3.05, 3.63) is 22.7 Å². The lowest BCUT2D eigenvalue weighted by molar-refractivity contribution is 0.0579. The van der Waals surface area contributed by atoms with Gasteiger partial charge in [0.05, 0.1) is 17.8 Å². The number of nitrogens with zero attached hydrogens (tertiary/aromatic N) is 2. The van der Waals surface area contributed by atoms with Crippen LogP contribution in [0.2, 0.25) is 0 Å². The van der Waals surface area contributed by atoms with Crippen LogP contribution in [0.5, 0.6) is 0 Å². The van der Waals surface area contributed by atoms with E-state index in [2.05, 4.69) is 4.98 Å².